The highest BCUT2D eigenvalue weighted by molar-refractivity contribution is 5.76. The van der Waals surface area contributed by atoms with Crippen LogP contribution in [-0.2, 0) is 4.79 Å². The van der Waals surface area contributed by atoms with Crippen molar-refractivity contribution >= 4 is 5.91 Å². The smallest absolute Gasteiger partial charge is 0.224 e. The van der Waals surface area contributed by atoms with E-state index in [0.717, 1.165) is 38.9 Å². The minimum atomic E-state index is 0.316. The van der Waals surface area contributed by atoms with Gasteiger partial charge in [-0.1, -0.05) is 39.0 Å². The second-order valence-electron chi connectivity index (χ2n) is 6.29. The third kappa shape index (κ3) is 8.42. The van der Waals surface area contributed by atoms with E-state index in [2.05, 4.69) is 12.2 Å². The molecule has 0 aromatic rings. The van der Waals surface area contributed by atoms with Crippen LogP contribution in [0.25, 0.3) is 0 Å². The number of nitrogens with zero attached hydrogens (tertiary/aromatic N) is 1. The van der Waals surface area contributed by atoms with Crippen molar-refractivity contribution in [2.75, 3.05) is 26.2 Å². The van der Waals surface area contributed by atoms with E-state index >= 15 is 0 Å². The van der Waals surface area contributed by atoms with Crippen LogP contribution in [0.1, 0.15) is 71.1 Å². The van der Waals surface area contributed by atoms with Crippen molar-refractivity contribution in [3.8, 4) is 0 Å². The average molecular weight is 297 g/mol. The number of carbonyl (C=O) groups is 1. The van der Waals surface area contributed by atoms with Gasteiger partial charge >= 0.3 is 0 Å². The summed E-state index contributed by atoms with van der Waals surface area (Å²) in [6.45, 7) is 5.71. The Balaban J connectivity index is 2.35. The maximum absolute atomic E-state index is 12.4. The van der Waals surface area contributed by atoms with Gasteiger partial charge in [-0.15, -0.1) is 0 Å². The third-order valence-corrected chi connectivity index (χ3v) is 4.35. The Morgan fingerprint density at radius 2 is 2.00 bits per heavy atom. The number of rotatable bonds is 9. The lowest BCUT2D eigenvalue weighted by Gasteiger charge is -2.24. The highest BCUT2D eigenvalue weighted by Gasteiger charge is 2.20. The zero-order chi connectivity index (χ0) is 15.3. The highest BCUT2D eigenvalue weighted by atomic mass is 16.2. The van der Waals surface area contributed by atoms with Gasteiger partial charge in [0.2, 0.25) is 5.91 Å². The van der Waals surface area contributed by atoms with E-state index in [1.54, 1.807) is 0 Å². The number of hydrogen-bond acceptors (Lipinski definition) is 3. The molecule has 0 radical (unpaired) electrons. The van der Waals surface area contributed by atoms with Gasteiger partial charge in [-0.05, 0) is 38.8 Å². The van der Waals surface area contributed by atoms with Crippen molar-refractivity contribution in [2.24, 2.45) is 5.73 Å². The Morgan fingerprint density at radius 1 is 1.19 bits per heavy atom. The van der Waals surface area contributed by atoms with Crippen LogP contribution in [0.15, 0.2) is 0 Å². The minimum absolute atomic E-state index is 0.316. The molecule has 0 aromatic carbocycles. The van der Waals surface area contributed by atoms with Gasteiger partial charge in [-0.25, -0.2) is 0 Å². The van der Waals surface area contributed by atoms with Crippen LogP contribution < -0.4 is 11.1 Å². The van der Waals surface area contributed by atoms with Gasteiger partial charge in [0.15, 0.2) is 0 Å². The van der Waals surface area contributed by atoms with Crippen LogP contribution >= 0.6 is 0 Å². The molecule has 3 N–H and O–H groups in total. The maximum Gasteiger partial charge on any atom is 0.224 e. The van der Waals surface area contributed by atoms with Gasteiger partial charge in [0.1, 0.15) is 0 Å². The van der Waals surface area contributed by atoms with Crippen LogP contribution in [0, 0.1) is 0 Å². The molecule has 4 heteroatoms. The molecule has 0 aromatic heterocycles. The van der Waals surface area contributed by atoms with Crippen LogP contribution in [0.2, 0.25) is 0 Å². The van der Waals surface area contributed by atoms with E-state index in [1.807, 2.05) is 4.90 Å². The molecule has 1 aliphatic rings. The van der Waals surface area contributed by atoms with Gasteiger partial charge in [-0.2, -0.15) is 0 Å². The molecule has 0 saturated carbocycles. The summed E-state index contributed by atoms with van der Waals surface area (Å²) >= 11 is 0. The number of hydrogen-bond donors (Lipinski definition) is 2. The number of unbranched alkanes of at least 4 members (excludes halogenated alkanes) is 4. The average Bonchev–Trinajstić information content (AvgIpc) is 2.56. The largest absolute Gasteiger partial charge is 0.343 e. The SMILES string of the molecule is CCCCCCCC1CC(=O)N(CCCN)CCCCN1. The molecule has 1 rings (SSSR count). The number of carbonyl (C=O) groups excluding carboxylic acids is 1. The molecule has 1 atom stereocenters. The second kappa shape index (κ2) is 12.0. The van der Waals surface area contributed by atoms with E-state index < -0.39 is 0 Å². The summed E-state index contributed by atoms with van der Waals surface area (Å²) < 4.78 is 0. The summed E-state index contributed by atoms with van der Waals surface area (Å²) in [4.78, 5) is 14.4. The lowest BCUT2D eigenvalue weighted by molar-refractivity contribution is -0.131. The van der Waals surface area contributed by atoms with Crippen LogP contribution in [0.5, 0.6) is 0 Å². The van der Waals surface area contributed by atoms with E-state index in [-0.39, 0.29) is 0 Å². The van der Waals surface area contributed by atoms with Crippen molar-refractivity contribution in [1.29, 1.82) is 0 Å². The predicted octanol–water partition coefficient (Wildman–Crippen LogP) is 2.67. The Labute approximate surface area is 130 Å². The predicted molar refractivity (Wildman–Crippen MR) is 89.3 cm³/mol. The van der Waals surface area contributed by atoms with Crippen molar-refractivity contribution in [2.45, 2.75) is 77.2 Å². The fourth-order valence-electron chi connectivity index (χ4n) is 2.99. The molecule has 1 aliphatic heterocycles. The molecular formula is C17H35N3O. The highest BCUT2D eigenvalue weighted by Crippen LogP contribution is 2.13. The summed E-state index contributed by atoms with van der Waals surface area (Å²) in [6.07, 6.45) is 11.5. The fourth-order valence-corrected chi connectivity index (χ4v) is 2.99. The Bertz CT molecular complexity index is 271. The Kier molecular flexibility index (Phi) is 10.5. The van der Waals surface area contributed by atoms with Gasteiger partial charge in [0, 0.05) is 25.6 Å². The van der Waals surface area contributed by atoms with Crippen LogP contribution in [0.3, 0.4) is 0 Å². The fraction of sp³-hybridized carbons (Fsp3) is 0.941. The minimum Gasteiger partial charge on any atom is -0.343 e. The molecule has 0 spiro atoms. The van der Waals surface area contributed by atoms with Gasteiger partial charge in [-0.3, -0.25) is 4.79 Å². The summed E-state index contributed by atoms with van der Waals surface area (Å²) in [5.41, 5.74) is 5.57. The zero-order valence-corrected chi connectivity index (χ0v) is 13.9. The molecular weight excluding hydrogens is 262 g/mol. The second-order valence-corrected chi connectivity index (χ2v) is 6.29. The Hall–Kier alpha value is -0.610. The molecule has 4 nitrogen and oxygen atoms in total. The lowest BCUT2D eigenvalue weighted by atomic mass is 10.0. The molecule has 1 unspecified atom stereocenters. The van der Waals surface area contributed by atoms with Gasteiger partial charge < -0.3 is 16.0 Å². The molecule has 0 bridgehead atoms. The first kappa shape index (κ1) is 18.4. The standard InChI is InChI=1S/C17H35N3O/c1-2-3-4-5-6-10-16-15-17(21)20(14-9-11-18)13-8-7-12-19-16/h16,19H,2-15,18H2,1H3. The van der Waals surface area contributed by atoms with Gasteiger partial charge in [0.25, 0.3) is 0 Å². The monoisotopic (exact) mass is 297 g/mol. The molecule has 1 fully saturated rings. The summed E-state index contributed by atoms with van der Waals surface area (Å²) in [5, 5.41) is 3.59. The van der Waals surface area contributed by atoms with Gasteiger partial charge in [0.05, 0.1) is 0 Å². The van der Waals surface area contributed by atoms with Crippen molar-refractivity contribution in [3.63, 3.8) is 0 Å². The third-order valence-electron chi connectivity index (χ3n) is 4.35. The number of nitrogens with two attached hydrogens (primary N) is 1. The van der Waals surface area contributed by atoms with Crippen LogP contribution in [-0.4, -0.2) is 43.0 Å². The Morgan fingerprint density at radius 3 is 2.76 bits per heavy atom. The molecule has 0 aliphatic carbocycles. The van der Waals surface area contributed by atoms with Crippen molar-refractivity contribution < 1.29 is 4.79 Å². The quantitative estimate of drug-likeness (QED) is 0.643. The van der Waals surface area contributed by atoms with Crippen LogP contribution in [0.4, 0.5) is 0 Å². The van der Waals surface area contributed by atoms with E-state index in [9.17, 15) is 4.79 Å². The van der Waals surface area contributed by atoms with Crippen molar-refractivity contribution in [3.05, 3.63) is 0 Å². The molecule has 1 amide bonds. The summed E-state index contributed by atoms with van der Waals surface area (Å²) in [7, 11) is 0. The summed E-state index contributed by atoms with van der Waals surface area (Å²) in [6, 6.07) is 0.373. The first-order chi connectivity index (χ1) is 10.3. The lowest BCUT2D eigenvalue weighted by Crippen LogP contribution is -2.38. The van der Waals surface area contributed by atoms with E-state index in [1.165, 1.54) is 38.5 Å². The first-order valence-corrected chi connectivity index (χ1v) is 8.99. The molecule has 1 heterocycles. The first-order valence-electron chi connectivity index (χ1n) is 8.99. The zero-order valence-electron chi connectivity index (χ0n) is 13.9. The summed E-state index contributed by atoms with van der Waals surface area (Å²) in [5.74, 6) is 0.316. The molecule has 1 saturated heterocycles. The molecule has 124 valence electrons. The maximum atomic E-state index is 12.4. The normalized spacial score (nSPS) is 21.0. The molecule has 21 heavy (non-hydrogen) atoms. The van der Waals surface area contributed by atoms with Crippen molar-refractivity contribution in [1.82, 2.24) is 10.2 Å². The topological polar surface area (TPSA) is 58.4 Å². The number of nitrogens with one attached hydrogen (secondary N) is 1. The number of amides is 1. The van der Waals surface area contributed by atoms with E-state index in [4.69, 9.17) is 5.73 Å². The van der Waals surface area contributed by atoms with E-state index in [0.29, 0.717) is 24.9 Å².